The lowest BCUT2D eigenvalue weighted by Gasteiger charge is -2.19. The monoisotopic (exact) mass is 448 g/mol. The molecule has 0 aliphatic rings. The molecule has 1 heterocycles. The van der Waals surface area contributed by atoms with Gasteiger partial charge in [-0.1, -0.05) is 12.1 Å². The Balaban J connectivity index is 1.86. The molecule has 0 spiro atoms. The molecule has 0 saturated heterocycles. The molecular weight excluding hydrogens is 425 g/mol. The van der Waals surface area contributed by atoms with Gasteiger partial charge in [0.15, 0.2) is 0 Å². The molecular formula is C23H23F3N2O4. The molecule has 0 aliphatic carbocycles. The Bertz CT molecular complexity index is 1110. The van der Waals surface area contributed by atoms with E-state index in [-0.39, 0.29) is 5.75 Å². The van der Waals surface area contributed by atoms with Crippen molar-refractivity contribution in [1.82, 2.24) is 9.88 Å². The van der Waals surface area contributed by atoms with Gasteiger partial charge in [-0.15, -0.1) is 13.2 Å². The zero-order valence-corrected chi connectivity index (χ0v) is 17.8. The number of halogens is 3. The number of ether oxygens (including phenoxy) is 2. The summed E-state index contributed by atoms with van der Waals surface area (Å²) in [5.74, 6) is -0.319. The molecule has 2 aromatic carbocycles. The van der Waals surface area contributed by atoms with E-state index in [2.05, 4.69) is 10.1 Å². The van der Waals surface area contributed by atoms with E-state index < -0.39 is 18.1 Å². The number of fused-ring (bicyclic) bond motifs is 1. The topological polar surface area (TPSA) is 69.6 Å². The number of rotatable bonds is 6. The highest BCUT2D eigenvalue weighted by Crippen LogP contribution is 2.33. The summed E-state index contributed by atoms with van der Waals surface area (Å²) in [6.07, 6.45) is -2.74. The maximum absolute atomic E-state index is 12.4. The van der Waals surface area contributed by atoms with Crippen molar-refractivity contribution in [1.29, 1.82) is 0 Å². The first-order valence-corrected chi connectivity index (χ1v) is 9.86. The van der Waals surface area contributed by atoms with E-state index in [4.69, 9.17) is 4.74 Å². The van der Waals surface area contributed by atoms with Crippen LogP contribution in [0.15, 0.2) is 48.7 Å². The van der Waals surface area contributed by atoms with Gasteiger partial charge in [0.25, 0.3) is 0 Å². The van der Waals surface area contributed by atoms with Crippen LogP contribution in [-0.4, -0.2) is 35.5 Å². The van der Waals surface area contributed by atoms with Gasteiger partial charge in [-0.05, 0) is 56.7 Å². The molecule has 9 heteroatoms. The Morgan fingerprint density at radius 3 is 2.38 bits per heavy atom. The molecule has 6 nitrogen and oxygen atoms in total. The van der Waals surface area contributed by atoms with Gasteiger partial charge in [-0.25, -0.2) is 4.79 Å². The van der Waals surface area contributed by atoms with Crippen LogP contribution in [0.3, 0.4) is 0 Å². The average molecular weight is 448 g/mol. The SMILES string of the molecule is CC(C)(C)OC(=O)NCCn1cc(-c2ccc(OC(F)(F)F)cc2)c2cc(C=O)ccc21. The van der Waals surface area contributed by atoms with Gasteiger partial charge >= 0.3 is 12.5 Å². The van der Waals surface area contributed by atoms with Crippen molar-refractivity contribution in [3.63, 3.8) is 0 Å². The minimum atomic E-state index is -4.77. The molecule has 0 saturated carbocycles. The first-order valence-electron chi connectivity index (χ1n) is 9.86. The highest BCUT2D eigenvalue weighted by molar-refractivity contribution is 5.98. The van der Waals surface area contributed by atoms with E-state index in [1.807, 2.05) is 10.8 Å². The van der Waals surface area contributed by atoms with Gasteiger partial charge in [0.2, 0.25) is 0 Å². The Morgan fingerprint density at radius 1 is 1.09 bits per heavy atom. The van der Waals surface area contributed by atoms with Crippen molar-refractivity contribution in [2.45, 2.75) is 39.3 Å². The fraction of sp³-hybridized carbons (Fsp3) is 0.304. The Labute approximate surface area is 182 Å². The normalized spacial score (nSPS) is 11.9. The van der Waals surface area contributed by atoms with Crippen LogP contribution in [0, 0.1) is 0 Å². The van der Waals surface area contributed by atoms with E-state index in [0.717, 1.165) is 22.8 Å². The van der Waals surface area contributed by atoms with Crippen LogP contribution in [-0.2, 0) is 11.3 Å². The zero-order valence-electron chi connectivity index (χ0n) is 17.8. The van der Waals surface area contributed by atoms with Crippen LogP contribution < -0.4 is 10.1 Å². The summed E-state index contributed by atoms with van der Waals surface area (Å²) >= 11 is 0. The van der Waals surface area contributed by atoms with Crippen molar-refractivity contribution in [2.75, 3.05) is 6.54 Å². The van der Waals surface area contributed by atoms with Crippen molar-refractivity contribution < 1.29 is 32.2 Å². The van der Waals surface area contributed by atoms with Crippen LogP contribution in [0.2, 0.25) is 0 Å². The van der Waals surface area contributed by atoms with Crippen LogP contribution in [0.4, 0.5) is 18.0 Å². The second kappa shape index (κ2) is 8.94. The number of aromatic nitrogens is 1. The molecule has 0 unspecified atom stereocenters. The first-order chi connectivity index (χ1) is 14.9. The highest BCUT2D eigenvalue weighted by atomic mass is 19.4. The average Bonchev–Trinajstić information content (AvgIpc) is 3.04. The summed E-state index contributed by atoms with van der Waals surface area (Å²) in [7, 11) is 0. The standard InChI is InChI=1S/C23H23F3N2O4/c1-22(2,3)32-21(30)27-10-11-28-13-19(18-12-15(14-29)4-9-20(18)28)16-5-7-17(8-6-16)31-23(24,25)26/h4-9,12-14H,10-11H2,1-3H3,(H,27,30). The first kappa shape index (κ1) is 23.2. The van der Waals surface area contributed by atoms with Gasteiger partial charge < -0.3 is 19.4 Å². The van der Waals surface area contributed by atoms with Crippen molar-refractivity contribution >= 4 is 23.3 Å². The highest BCUT2D eigenvalue weighted by Gasteiger charge is 2.31. The predicted molar refractivity (Wildman–Crippen MR) is 114 cm³/mol. The van der Waals surface area contributed by atoms with E-state index in [9.17, 15) is 22.8 Å². The summed E-state index contributed by atoms with van der Waals surface area (Å²) < 4.78 is 48.3. The van der Waals surface area contributed by atoms with Crippen molar-refractivity contribution in [2.24, 2.45) is 0 Å². The molecule has 32 heavy (non-hydrogen) atoms. The second-order valence-electron chi connectivity index (χ2n) is 8.13. The number of nitrogens with zero attached hydrogens (tertiary/aromatic N) is 1. The van der Waals surface area contributed by atoms with Crippen LogP contribution in [0.25, 0.3) is 22.0 Å². The minimum absolute atomic E-state index is 0.298. The fourth-order valence-corrected chi connectivity index (χ4v) is 3.23. The molecule has 0 aliphatic heterocycles. The Morgan fingerprint density at radius 2 is 1.78 bits per heavy atom. The summed E-state index contributed by atoms with van der Waals surface area (Å²) in [5.41, 5.74) is 2.07. The maximum atomic E-state index is 12.4. The summed E-state index contributed by atoms with van der Waals surface area (Å²) in [6.45, 7) is 6.03. The molecule has 1 aromatic heterocycles. The minimum Gasteiger partial charge on any atom is -0.444 e. The fourth-order valence-electron chi connectivity index (χ4n) is 3.23. The number of amides is 1. The quantitative estimate of drug-likeness (QED) is 0.503. The van der Waals surface area contributed by atoms with Crippen LogP contribution in [0.5, 0.6) is 5.75 Å². The summed E-state index contributed by atoms with van der Waals surface area (Å²) in [4.78, 5) is 23.1. The number of hydrogen-bond donors (Lipinski definition) is 1. The van der Waals surface area contributed by atoms with Gasteiger partial charge in [-0.3, -0.25) is 4.79 Å². The molecule has 3 aromatic rings. The lowest BCUT2D eigenvalue weighted by atomic mass is 10.0. The number of carbonyl (C=O) groups is 2. The number of hydrogen-bond acceptors (Lipinski definition) is 4. The Hall–Kier alpha value is -3.49. The summed E-state index contributed by atoms with van der Waals surface area (Å²) in [5, 5.41) is 3.45. The van der Waals surface area contributed by atoms with Crippen molar-refractivity contribution in [3.05, 3.63) is 54.2 Å². The van der Waals surface area contributed by atoms with Gasteiger partial charge in [0, 0.05) is 41.3 Å². The third-order valence-corrected chi connectivity index (χ3v) is 4.46. The maximum Gasteiger partial charge on any atom is 0.573 e. The molecule has 0 radical (unpaired) electrons. The number of benzene rings is 2. The molecule has 0 atom stereocenters. The number of alkyl carbamates (subject to hydrolysis) is 1. The van der Waals surface area contributed by atoms with Crippen molar-refractivity contribution in [3.8, 4) is 16.9 Å². The number of alkyl halides is 3. The Kier molecular flexibility index (Phi) is 6.47. The molecule has 170 valence electrons. The zero-order chi connectivity index (χ0) is 23.5. The van der Waals surface area contributed by atoms with Gasteiger partial charge in [-0.2, -0.15) is 0 Å². The van der Waals surface area contributed by atoms with Gasteiger partial charge in [0.1, 0.15) is 17.6 Å². The van der Waals surface area contributed by atoms with Crippen LogP contribution in [0.1, 0.15) is 31.1 Å². The van der Waals surface area contributed by atoms with E-state index in [0.29, 0.717) is 24.2 Å². The predicted octanol–water partition coefficient (Wildman–Crippen LogP) is 5.54. The molecule has 0 fully saturated rings. The molecule has 0 bridgehead atoms. The largest absolute Gasteiger partial charge is 0.573 e. The second-order valence-corrected chi connectivity index (χ2v) is 8.13. The number of carbonyl (C=O) groups excluding carboxylic acids is 2. The number of nitrogens with one attached hydrogen (secondary N) is 1. The van der Waals surface area contributed by atoms with Gasteiger partial charge in [0.05, 0.1) is 0 Å². The summed E-state index contributed by atoms with van der Waals surface area (Å²) in [6, 6.07) is 10.7. The van der Waals surface area contributed by atoms with E-state index >= 15 is 0 Å². The molecule has 3 rings (SSSR count). The molecule has 1 amide bonds. The third-order valence-electron chi connectivity index (χ3n) is 4.46. The third kappa shape index (κ3) is 6.03. The smallest absolute Gasteiger partial charge is 0.444 e. The lowest BCUT2D eigenvalue weighted by molar-refractivity contribution is -0.274. The number of aldehydes is 1. The van der Waals surface area contributed by atoms with E-state index in [1.165, 1.54) is 24.3 Å². The van der Waals surface area contributed by atoms with E-state index in [1.54, 1.807) is 39.0 Å². The molecule has 1 N–H and O–H groups in total. The lowest BCUT2D eigenvalue weighted by Crippen LogP contribution is -2.34. The van der Waals surface area contributed by atoms with Crippen LogP contribution >= 0.6 is 0 Å².